The van der Waals surface area contributed by atoms with Gasteiger partial charge in [0.2, 0.25) is 0 Å². The Morgan fingerprint density at radius 3 is 2.25 bits per heavy atom. The van der Waals surface area contributed by atoms with E-state index in [9.17, 15) is 24.8 Å². The van der Waals surface area contributed by atoms with Gasteiger partial charge in [-0.3, -0.25) is 9.09 Å². The normalized spacial score (nSPS) is 44.0. The molecule has 0 amide bonds. The van der Waals surface area contributed by atoms with Gasteiger partial charge in [0, 0.05) is 0 Å². The first kappa shape index (κ1) is 14.0. The highest BCUT2D eigenvalue weighted by Crippen LogP contribution is 2.36. The van der Waals surface area contributed by atoms with Crippen molar-refractivity contribution in [2.75, 3.05) is 6.61 Å². The van der Waals surface area contributed by atoms with Crippen LogP contribution in [0.4, 0.5) is 0 Å². The van der Waals surface area contributed by atoms with Gasteiger partial charge in [-0.05, 0) is 0 Å². The van der Waals surface area contributed by atoms with E-state index in [0.29, 0.717) is 0 Å². The Bertz CT molecular complexity index is 275. The predicted molar refractivity (Wildman–Crippen MR) is 44.7 cm³/mol. The molecule has 0 aromatic heterocycles. The molecule has 5 N–H and O–H groups in total. The second-order valence-corrected chi connectivity index (χ2v) is 4.42. The first-order valence-electron chi connectivity index (χ1n) is 4.29. The summed E-state index contributed by atoms with van der Waals surface area (Å²) in [7, 11) is -5.16. The molecule has 1 aliphatic heterocycles. The van der Waals surface area contributed by atoms with E-state index in [4.69, 9.17) is 10.00 Å². The van der Waals surface area contributed by atoms with Crippen molar-refractivity contribution in [3.8, 4) is 0 Å². The minimum Gasteiger partial charge on any atom is -0.756 e. The van der Waals surface area contributed by atoms with Crippen molar-refractivity contribution >= 4 is 7.82 Å². The van der Waals surface area contributed by atoms with E-state index < -0.39 is 45.1 Å². The number of phosphoric ester groups is 1. The lowest BCUT2D eigenvalue weighted by Crippen LogP contribution is -2.59. The fourth-order valence-electron chi connectivity index (χ4n) is 1.29. The molecule has 0 saturated carbocycles. The van der Waals surface area contributed by atoms with Crippen LogP contribution in [0.15, 0.2) is 0 Å². The van der Waals surface area contributed by atoms with Crippen LogP contribution in [0.5, 0.6) is 0 Å². The second kappa shape index (κ2) is 5.05. The zero-order valence-corrected chi connectivity index (χ0v) is 8.80. The van der Waals surface area contributed by atoms with Crippen LogP contribution in [-0.2, 0) is 13.8 Å². The van der Waals surface area contributed by atoms with Crippen LogP contribution in [-0.4, -0.2) is 62.6 Å². The molecule has 4 unspecified atom stereocenters. The summed E-state index contributed by atoms with van der Waals surface area (Å²) in [5, 5.41) is 36.5. The van der Waals surface area contributed by atoms with E-state index in [2.05, 4.69) is 9.26 Å². The van der Waals surface area contributed by atoms with Crippen molar-refractivity contribution in [3.05, 3.63) is 0 Å². The van der Waals surface area contributed by atoms with E-state index >= 15 is 0 Å². The molecule has 16 heavy (non-hydrogen) atoms. The van der Waals surface area contributed by atoms with E-state index in [1.807, 2.05) is 0 Å². The van der Waals surface area contributed by atoms with Crippen molar-refractivity contribution in [2.45, 2.75) is 30.7 Å². The SMILES string of the molecule is O=P([O-])(O)O[C@H]1OC(CO)[C@H](O)C(O)C1O. The Balaban J connectivity index is 2.75. The monoisotopic (exact) mass is 259 g/mol. The summed E-state index contributed by atoms with van der Waals surface area (Å²) in [6.07, 6.45) is -8.43. The summed E-state index contributed by atoms with van der Waals surface area (Å²) in [6, 6.07) is 0. The van der Waals surface area contributed by atoms with E-state index in [1.54, 1.807) is 0 Å². The van der Waals surface area contributed by atoms with Gasteiger partial charge in [0.05, 0.1) is 6.61 Å². The average Bonchev–Trinajstić information content (AvgIpc) is 2.17. The first-order valence-corrected chi connectivity index (χ1v) is 5.78. The summed E-state index contributed by atoms with van der Waals surface area (Å²) in [6.45, 7) is -0.723. The number of hydrogen-bond acceptors (Lipinski definition) is 8. The standard InChI is InChI=1S/C6H13O9P/c7-1-2-3(8)4(9)5(10)6(14-2)15-16(11,12)13/h2-10H,1H2,(H2,11,12,13)/p-1/t2?,3-,4?,5?,6+/m0/s1. The van der Waals surface area contributed by atoms with Gasteiger partial charge >= 0.3 is 0 Å². The quantitative estimate of drug-likeness (QED) is 0.321. The van der Waals surface area contributed by atoms with E-state index in [0.717, 1.165) is 0 Å². The van der Waals surface area contributed by atoms with Gasteiger partial charge in [-0.15, -0.1) is 0 Å². The molecule has 0 spiro atoms. The number of rotatable bonds is 3. The lowest BCUT2D eigenvalue weighted by atomic mass is 10.00. The molecule has 1 heterocycles. The molecule has 1 rings (SSSR count). The molecule has 0 aromatic rings. The molecular formula is C6H12O9P-. The van der Waals surface area contributed by atoms with Gasteiger partial charge in [0.1, 0.15) is 24.4 Å². The van der Waals surface area contributed by atoms with Crippen molar-refractivity contribution in [1.82, 2.24) is 0 Å². The number of ether oxygens (including phenoxy) is 1. The molecule has 6 atom stereocenters. The fraction of sp³-hybridized carbons (Fsp3) is 1.00. The third kappa shape index (κ3) is 3.20. The smallest absolute Gasteiger partial charge is 0.267 e. The van der Waals surface area contributed by atoms with Crippen LogP contribution in [0.3, 0.4) is 0 Å². The van der Waals surface area contributed by atoms with Gasteiger partial charge in [-0.25, -0.2) is 0 Å². The van der Waals surface area contributed by atoms with Gasteiger partial charge in [0.25, 0.3) is 7.82 Å². The largest absolute Gasteiger partial charge is 0.756 e. The Hall–Kier alpha value is -0.0900. The van der Waals surface area contributed by atoms with Crippen molar-refractivity contribution in [3.63, 3.8) is 0 Å². The molecule has 1 fully saturated rings. The second-order valence-electron chi connectivity index (χ2n) is 3.27. The fourth-order valence-corrected chi connectivity index (χ4v) is 1.72. The summed E-state index contributed by atoms with van der Waals surface area (Å²) >= 11 is 0. The highest BCUT2D eigenvalue weighted by molar-refractivity contribution is 7.44. The summed E-state index contributed by atoms with van der Waals surface area (Å²) in [5.41, 5.74) is 0. The summed E-state index contributed by atoms with van der Waals surface area (Å²) < 4.78 is 19.0. The Morgan fingerprint density at radius 2 is 1.81 bits per heavy atom. The number of hydrogen-bond donors (Lipinski definition) is 5. The minimum absolute atomic E-state index is 0.723. The zero-order valence-electron chi connectivity index (χ0n) is 7.91. The van der Waals surface area contributed by atoms with E-state index in [-0.39, 0.29) is 0 Å². The molecule has 10 heteroatoms. The lowest BCUT2D eigenvalue weighted by Gasteiger charge is -2.40. The molecule has 96 valence electrons. The van der Waals surface area contributed by atoms with Crippen molar-refractivity contribution in [2.24, 2.45) is 0 Å². The Morgan fingerprint density at radius 1 is 1.25 bits per heavy atom. The molecule has 9 nitrogen and oxygen atoms in total. The number of aliphatic hydroxyl groups is 4. The van der Waals surface area contributed by atoms with Crippen LogP contribution in [0.25, 0.3) is 0 Å². The third-order valence-corrected chi connectivity index (χ3v) is 2.56. The highest BCUT2D eigenvalue weighted by atomic mass is 31.2. The molecule has 0 aliphatic carbocycles. The molecule has 0 radical (unpaired) electrons. The van der Waals surface area contributed by atoms with Crippen LogP contribution < -0.4 is 4.89 Å². The summed E-state index contributed by atoms with van der Waals surface area (Å²) in [4.78, 5) is 18.8. The van der Waals surface area contributed by atoms with Gasteiger partial charge in [-0.2, -0.15) is 0 Å². The van der Waals surface area contributed by atoms with Gasteiger partial charge in [-0.1, -0.05) is 0 Å². The van der Waals surface area contributed by atoms with Crippen LogP contribution in [0.2, 0.25) is 0 Å². The molecule has 1 aliphatic rings. The number of phosphoric acid groups is 1. The maximum absolute atomic E-state index is 10.4. The highest BCUT2D eigenvalue weighted by Gasteiger charge is 2.45. The number of aliphatic hydroxyl groups excluding tert-OH is 4. The van der Waals surface area contributed by atoms with Crippen LogP contribution >= 0.6 is 7.82 Å². The molecule has 0 aromatic carbocycles. The molecular weight excluding hydrogens is 247 g/mol. The molecule has 1 saturated heterocycles. The zero-order chi connectivity index (χ0) is 12.5. The van der Waals surface area contributed by atoms with Crippen molar-refractivity contribution in [1.29, 1.82) is 0 Å². The lowest BCUT2D eigenvalue weighted by molar-refractivity contribution is -0.302. The topological polar surface area (TPSA) is 160 Å². The molecule has 0 bridgehead atoms. The van der Waals surface area contributed by atoms with Gasteiger partial charge in [0.15, 0.2) is 6.29 Å². The summed E-state index contributed by atoms with van der Waals surface area (Å²) in [5.74, 6) is 0. The average molecular weight is 259 g/mol. The Kier molecular flexibility index (Phi) is 4.41. The Labute approximate surface area is 90.1 Å². The van der Waals surface area contributed by atoms with Gasteiger partial charge < -0.3 is 34.9 Å². The third-order valence-electron chi connectivity index (χ3n) is 2.09. The van der Waals surface area contributed by atoms with Crippen LogP contribution in [0.1, 0.15) is 0 Å². The van der Waals surface area contributed by atoms with Crippen molar-refractivity contribution < 1.29 is 44.0 Å². The predicted octanol–water partition coefficient (Wildman–Crippen LogP) is -3.74. The maximum Gasteiger partial charge on any atom is 0.267 e. The minimum atomic E-state index is -5.16. The first-order chi connectivity index (χ1) is 7.26. The maximum atomic E-state index is 10.4. The van der Waals surface area contributed by atoms with Crippen LogP contribution in [0, 0.1) is 0 Å². The van der Waals surface area contributed by atoms with E-state index in [1.165, 1.54) is 0 Å².